The van der Waals surface area contributed by atoms with Crippen molar-refractivity contribution in [3.05, 3.63) is 47.8 Å². The summed E-state index contributed by atoms with van der Waals surface area (Å²) in [4.78, 5) is 11.4. The molecule has 1 aromatic carbocycles. The Kier molecular flexibility index (Phi) is 5.64. The minimum absolute atomic E-state index is 0.301. The lowest BCUT2D eigenvalue weighted by Crippen LogP contribution is -2.24. The highest BCUT2D eigenvalue weighted by molar-refractivity contribution is 5.49. The van der Waals surface area contributed by atoms with E-state index >= 15 is 0 Å². The van der Waals surface area contributed by atoms with Gasteiger partial charge in [0.15, 0.2) is 0 Å². The van der Waals surface area contributed by atoms with Gasteiger partial charge in [-0.2, -0.15) is 0 Å². The Bertz CT molecular complexity index is 641. The summed E-state index contributed by atoms with van der Waals surface area (Å²) >= 11 is 0. The van der Waals surface area contributed by atoms with Gasteiger partial charge < -0.3 is 15.0 Å². The number of ether oxygens (including phenoxy) is 1. The fraction of sp³-hybridized carbons (Fsp3) is 0.474. The van der Waals surface area contributed by atoms with Crippen molar-refractivity contribution in [1.29, 1.82) is 0 Å². The van der Waals surface area contributed by atoms with Gasteiger partial charge in [-0.3, -0.25) is 0 Å². The van der Waals surface area contributed by atoms with Gasteiger partial charge in [0, 0.05) is 32.3 Å². The van der Waals surface area contributed by atoms with Crippen molar-refractivity contribution < 1.29 is 4.74 Å². The molecule has 0 aliphatic carbocycles. The van der Waals surface area contributed by atoms with Crippen LogP contribution in [0.3, 0.4) is 0 Å². The molecule has 1 aliphatic rings. The quantitative estimate of drug-likeness (QED) is 0.845. The molecular weight excluding hydrogens is 300 g/mol. The van der Waals surface area contributed by atoms with Crippen LogP contribution in [0.4, 0.5) is 11.6 Å². The van der Waals surface area contributed by atoms with E-state index in [1.807, 2.05) is 19.1 Å². The summed E-state index contributed by atoms with van der Waals surface area (Å²) in [5, 5.41) is 3.41. The molecule has 2 aromatic rings. The van der Waals surface area contributed by atoms with Gasteiger partial charge in [0.05, 0.1) is 6.10 Å². The number of aromatic nitrogens is 2. The lowest BCUT2D eigenvalue weighted by Gasteiger charge is -2.23. The Morgan fingerprint density at radius 3 is 2.79 bits per heavy atom. The van der Waals surface area contributed by atoms with E-state index < -0.39 is 0 Å². The zero-order valence-electron chi connectivity index (χ0n) is 14.5. The summed E-state index contributed by atoms with van der Waals surface area (Å²) in [5.41, 5.74) is 1.28. The lowest BCUT2D eigenvalue weighted by atomic mass is 10.2. The highest BCUT2D eigenvalue weighted by Gasteiger charge is 2.16. The number of hydrogen-bond donors (Lipinski definition) is 1. The highest BCUT2D eigenvalue weighted by Crippen LogP contribution is 2.19. The van der Waals surface area contributed by atoms with Gasteiger partial charge in [-0.15, -0.1) is 0 Å². The number of anilines is 2. The molecule has 0 bridgehead atoms. The van der Waals surface area contributed by atoms with Gasteiger partial charge in [-0.05, 0) is 32.3 Å². The molecule has 0 spiro atoms. The van der Waals surface area contributed by atoms with Crippen LogP contribution in [0.1, 0.15) is 31.2 Å². The van der Waals surface area contributed by atoms with E-state index in [0.717, 1.165) is 56.5 Å². The molecule has 5 nitrogen and oxygen atoms in total. The van der Waals surface area contributed by atoms with Crippen molar-refractivity contribution in [3.63, 3.8) is 0 Å². The number of rotatable bonds is 7. The summed E-state index contributed by atoms with van der Waals surface area (Å²) in [6, 6.07) is 12.5. The largest absolute Gasteiger partial charge is 0.376 e. The first-order valence-corrected chi connectivity index (χ1v) is 8.74. The van der Waals surface area contributed by atoms with E-state index in [0.29, 0.717) is 6.10 Å². The van der Waals surface area contributed by atoms with E-state index in [2.05, 4.69) is 51.4 Å². The van der Waals surface area contributed by atoms with Gasteiger partial charge in [-0.1, -0.05) is 30.3 Å². The third-order valence-corrected chi connectivity index (χ3v) is 4.28. The van der Waals surface area contributed by atoms with Crippen molar-refractivity contribution >= 4 is 11.6 Å². The molecule has 128 valence electrons. The van der Waals surface area contributed by atoms with Crippen molar-refractivity contribution in [2.45, 2.75) is 39.3 Å². The number of nitrogens with one attached hydrogen (secondary N) is 1. The van der Waals surface area contributed by atoms with Gasteiger partial charge in [0.2, 0.25) is 0 Å². The van der Waals surface area contributed by atoms with Crippen LogP contribution in [0.25, 0.3) is 0 Å². The molecule has 1 unspecified atom stereocenters. The summed E-state index contributed by atoms with van der Waals surface area (Å²) < 4.78 is 5.67. The van der Waals surface area contributed by atoms with Crippen LogP contribution < -0.4 is 10.2 Å². The van der Waals surface area contributed by atoms with Gasteiger partial charge in [0.1, 0.15) is 17.5 Å². The maximum Gasteiger partial charge on any atom is 0.134 e. The summed E-state index contributed by atoms with van der Waals surface area (Å²) in [6.07, 6.45) is 2.58. The first-order chi connectivity index (χ1) is 11.7. The lowest BCUT2D eigenvalue weighted by molar-refractivity contribution is 0.120. The standard InChI is InChI=1S/C19H26N4O/c1-3-23(14-16-8-5-4-6-9-16)19-12-18(21-15(2)22-19)20-13-17-10-7-11-24-17/h4-6,8-9,12,17H,3,7,10-11,13-14H2,1-2H3,(H,20,21,22). The molecule has 1 atom stereocenters. The van der Waals surface area contributed by atoms with Crippen molar-refractivity contribution in [1.82, 2.24) is 9.97 Å². The van der Waals surface area contributed by atoms with Crippen molar-refractivity contribution in [2.24, 2.45) is 0 Å². The molecule has 24 heavy (non-hydrogen) atoms. The Morgan fingerprint density at radius 1 is 1.25 bits per heavy atom. The molecule has 0 saturated carbocycles. The molecule has 3 rings (SSSR count). The van der Waals surface area contributed by atoms with Crippen LogP contribution >= 0.6 is 0 Å². The minimum Gasteiger partial charge on any atom is -0.376 e. The average molecular weight is 326 g/mol. The van der Waals surface area contributed by atoms with Crippen LogP contribution in [-0.4, -0.2) is 35.8 Å². The molecule has 0 amide bonds. The molecule has 2 heterocycles. The molecule has 1 aliphatic heterocycles. The van der Waals surface area contributed by atoms with Gasteiger partial charge in [-0.25, -0.2) is 9.97 Å². The third kappa shape index (κ3) is 4.45. The number of aryl methyl sites for hydroxylation is 1. The smallest absolute Gasteiger partial charge is 0.134 e. The first-order valence-electron chi connectivity index (χ1n) is 8.74. The monoisotopic (exact) mass is 326 g/mol. The van der Waals surface area contributed by atoms with E-state index in [4.69, 9.17) is 4.74 Å². The second-order valence-corrected chi connectivity index (χ2v) is 6.17. The van der Waals surface area contributed by atoms with E-state index in [1.54, 1.807) is 0 Å². The normalized spacial score (nSPS) is 17.0. The Hall–Kier alpha value is -2.14. The second kappa shape index (κ2) is 8.11. The van der Waals surface area contributed by atoms with Crippen LogP contribution in [0, 0.1) is 6.92 Å². The fourth-order valence-electron chi connectivity index (χ4n) is 2.99. The Morgan fingerprint density at radius 2 is 2.08 bits per heavy atom. The molecule has 0 radical (unpaired) electrons. The maximum atomic E-state index is 5.67. The SMILES string of the molecule is CCN(Cc1ccccc1)c1cc(NCC2CCCO2)nc(C)n1. The first kappa shape index (κ1) is 16.7. The maximum absolute atomic E-state index is 5.67. The minimum atomic E-state index is 0.301. The van der Waals surface area contributed by atoms with Crippen molar-refractivity contribution in [3.8, 4) is 0 Å². The average Bonchev–Trinajstić information content (AvgIpc) is 3.12. The number of hydrogen-bond acceptors (Lipinski definition) is 5. The molecule has 5 heteroatoms. The van der Waals surface area contributed by atoms with E-state index in [9.17, 15) is 0 Å². The van der Waals surface area contributed by atoms with Crippen LogP contribution in [0.5, 0.6) is 0 Å². The second-order valence-electron chi connectivity index (χ2n) is 6.17. The summed E-state index contributed by atoms with van der Waals surface area (Å²) in [6.45, 7) is 7.52. The molecular formula is C19H26N4O. The molecule has 1 saturated heterocycles. The topological polar surface area (TPSA) is 50.3 Å². The van der Waals surface area contributed by atoms with Gasteiger partial charge >= 0.3 is 0 Å². The molecule has 1 aromatic heterocycles. The van der Waals surface area contributed by atoms with E-state index in [-0.39, 0.29) is 0 Å². The zero-order chi connectivity index (χ0) is 16.8. The fourth-order valence-corrected chi connectivity index (χ4v) is 2.99. The summed E-state index contributed by atoms with van der Waals surface area (Å²) in [5.74, 6) is 2.62. The van der Waals surface area contributed by atoms with Crippen LogP contribution in [-0.2, 0) is 11.3 Å². The number of nitrogens with zero attached hydrogens (tertiary/aromatic N) is 3. The van der Waals surface area contributed by atoms with Crippen LogP contribution in [0.2, 0.25) is 0 Å². The number of benzene rings is 1. The molecule has 1 fully saturated rings. The predicted octanol–water partition coefficient (Wildman–Crippen LogP) is 3.40. The van der Waals surface area contributed by atoms with E-state index in [1.165, 1.54) is 5.56 Å². The summed E-state index contributed by atoms with van der Waals surface area (Å²) in [7, 11) is 0. The highest BCUT2D eigenvalue weighted by atomic mass is 16.5. The van der Waals surface area contributed by atoms with Crippen molar-refractivity contribution in [2.75, 3.05) is 29.9 Å². The van der Waals surface area contributed by atoms with Crippen LogP contribution in [0.15, 0.2) is 36.4 Å². The Balaban J connectivity index is 1.70. The third-order valence-electron chi connectivity index (χ3n) is 4.28. The predicted molar refractivity (Wildman–Crippen MR) is 97.4 cm³/mol. The molecule has 1 N–H and O–H groups in total. The van der Waals surface area contributed by atoms with Gasteiger partial charge in [0.25, 0.3) is 0 Å². The zero-order valence-corrected chi connectivity index (χ0v) is 14.5. The Labute approximate surface area is 144 Å².